The maximum absolute atomic E-state index is 13.0. The lowest BCUT2D eigenvalue weighted by Crippen LogP contribution is -2.02. The molecule has 110 valence electrons. The highest BCUT2D eigenvalue weighted by atomic mass is 19.1. The van der Waals surface area contributed by atoms with Gasteiger partial charge in [0, 0.05) is 23.8 Å². The Balaban J connectivity index is 2.11. The molecule has 4 heteroatoms. The van der Waals surface area contributed by atoms with Crippen molar-refractivity contribution in [2.24, 2.45) is 0 Å². The van der Waals surface area contributed by atoms with Crippen molar-refractivity contribution >= 4 is 16.7 Å². The van der Waals surface area contributed by atoms with E-state index >= 15 is 0 Å². The molecule has 3 aromatic rings. The second-order valence-corrected chi connectivity index (χ2v) is 5.27. The van der Waals surface area contributed by atoms with Crippen LogP contribution in [0.1, 0.15) is 12.5 Å². The summed E-state index contributed by atoms with van der Waals surface area (Å²) in [4.78, 5) is 12.3. The van der Waals surface area contributed by atoms with Crippen molar-refractivity contribution in [3.8, 4) is 11.3 Å². The molecule has 1 N–H and O–H groups in total. The second kappa shape index (κ2) is 5.56. The van der Waals surface area contributed by atoms with Crippen LogP contribution in [0, 0.1) is 11.2 Å². The molecule has 1 heterocycles. The van der Waals surface area contributed by atoms with Crippen molar-refractivity contribution in [2.75, 3.05) is 0 Å². The van der Waals surface area contributed by atoms with Gasteiger partial charge in [-0.05, 0) is 48.9 Å². The molecule has 3 rings (SSSR count). The molecule has 2 aromatic carbocycles. The Morgan fingerprint density at radius 2 is 1.86 bits per heavy atom. The molecule has 0 aliphatic carbocycles. The fourth-order valence-electron chi connectivity index (χ4n) is 2.38. The number of nitrogens with one attached hydrogen (secondary N) is 1. The van der Waals surface area contributed by atoms with Gasteiger partial charge in [-0.3, -0.25) is 4.79 Å². The summed E-state index contributed by atoms with van der Waals surface area (Å²) in [6, 6.07) is 12.6. The molecule has 22 heavy (non-hydrogen) atoms. The molecule has 0 saturated carbocycles. The topological polar surface area (TPSA) is 54.1 Å². The van der Waals surface area contributed by atoms with E-state index in [9.17, 15) is 9.18 Å². The Hall–Kier alpha value is -2.75. The van der Waals surface area contributed by atoms with Crippen LogP contribution < -0.4 is 5.43 Å². The van der Waals surface area contributed by atoms with Crippen LogP contribution in [0.15, 0.2) is 57.7 Å². The molecule has 1 aromatic heterocycles. The van der Waals surface area contributed by atoms with Gasteiger partial charge in [-0.25, -0.2) is 4.39 Å². The Morgan fingerprint density at radius 3 is 2.55 bits per heavy atom. The SMILES string of the molecule is CC(=N)Cc1ccc2oc(-c3ccc(F)cc3)cc(=O)c2c1. The lowest BCUT2D eigenvalue weighted by atomic mass is 10.1. The van der Waals surface area contributed by atoms with Gasteiger partial charge in [0.25, 0.3) is 0 Å². The second-order valence-electron chi connectivity index (χ2n) is 5.27. The molecular formula is C18H14FNO2. The van der Waals surface area contributed by atoms with Crippen molar-refractivity contribution in [3.05, 3.63) is 70.1 Å². The highest BCUT2D eigenvalue weighted by Crippen LogP contribution is 2.23. The Kier molecular flexibility index (Phi) is 3.59. The zero-order chi connectivity index (χ0) is 15.7. The van der Waals surface area contributed by atoms with Crippen LogP contribution in [0.5, 0.6) is 0 Å². The molecule has 0 atom stereocenters. The maximum Gasteiger partial charge on any atom is 0.193 e. The standard InChI is InChI=1S/C18H14FNO2/c1-11(20)8-12-2-7-17-15(9-12)16(21)10-18(22-17)13-3-5-14(19)6-4-13/h2-7,9-10,20H,8H2,1H3. The first-order valence-corrected chi connectivity index (χ1v) is 6.90. The van der Waals surface area contributed by atoms with Crippen LogP contribution in [0.2, 0.25) is 0 Å². The van der Waals surface area contributed by atoms with E-state index in [1.807, 2.05) is 6.07 Å². The minimum Gasteiger partial charge on any atom is -0.456 e. The van der Waals surface area contributed by atoms with Crippen molar-refractivity contribution in [3.63, 3.8) is 0 Å². The summed E-state index contributed by atoms with van der Waals surface area (Å²) in [5.74, 6) is 0.0760. The van der Waals surface area contributed by atoms with E-state index in [1.165, 1.54) is 18.2 Å². The first-order chi connectivity index (χ1) is 10.5. The molecule has 3 nitrogen and oxygen atoms in total. The maximum atomic E-state index is 13.0. The van der Waals surface area contributed by atoms with Crippen LogP contribution in [0.4, 0.5) is 4.39 Å². The smallest absolute Gasteiger partial charge is 0.193 e. The van der Waals surface area contributed by atoms with Gasteiger partial charge in [-0.2, -0.15) is 0 Å². The van der Waals surface area contributed by atoms with Gasteiger partial charge in [0.15, 0.2) is 5.43 Å². The monoisotopic (exact) mass is 295 g/mol. The quantitative estimate of drug-likeness (QED) is 0.737. The lowest BCUT2D eigenvalue weighted by molar-refractivity contribution is 0.615. The zero-order valence-corrected chi connectivity index (χ0v) is 12.0. The first-order valence-electron chi connectivity index (χ1n) is 6.90. The van der Waals surface area contributed by atoms with Crippen molar-refractivity contribution < 1.29 is 8.81 Å². The number of benzene rings is 2. The van der Waals surface area contributed by atoms with Crippen LogP contribution in [0.25, 0.3) is 22.3 Å². The largest absolute Gasteiger partial charge is 0.456 e. The molecular weight excluding hydrogens is 281 g/mol. The minimum atomic E-state index is -0.335. The van der Waals surface area contributed by atoms with E-state index in [0.29, 0.717) is 34.4 Å². The van der Waals surface area contributed by atoms with E-state index < -0.39 is 0 Å². The van der Waals surface area contributed by atoms with E-state index in [0.717, 1.165) is 5.56 Å². The fourth-order valence-corrected chi connectivity index (χ4v) is 2.38. The normalized spacial score (nSPS) is 10.8. The Morgan fingerprint density at radius 1 is 1.14 bits per heavy atom. The molecule has 0 aliphatic rings. The molecule has 0 bridgehead atoms. The molecule has 0 aliphatic heterocycles. The molecule has 0 fully saturated rings. The van der Waals surface area contributed by atoms with Crippen molar-refractivity contribution in [1.29, 1.82) is 5.41 Å². The predicted octanol–water partition coefficient (Wildman–Crippen LogP) is 4.18. The highest BCUT2D eigenvalue weighted by Gasteiger charge is 2.08. The Labute approximate surface area is 126 Å². The minimum absolute atomic E-state index is 0.148. The van der Waals surface area contributed by atoms with Gasteiger partial charge >= 0.3 is 0 Å². The third kappa shape index (κ3) is 2.81. The van der Waals surface area contributed by atoms with E-state index in [4.69, 9.17) is 9.83 Å². The summed E-state index contributed by atoms with van der Waals surface area (Å²) in [5, 5.41) is 8.02. The number of halogens is 1. The number of fused-ring (bicyclic) bond motifs is 1. The number of hydrogen-bond acceptors (Lipinski definition) is 3. The molecule has 0 amide bonds. The van der Waals surface area contributed by atoms with Crippen LogP contribution in [0.3, 0.4) is 0 Å². The number of rotatable bonds is 3. The summed E-state index contributed by atoms with van der Waals surface area (Å²) >= 11 is 0. The van der Waals surface area contributed by atoms with E-state index in [1.54, 1.807) is 31.2 Å². The van der Waals surface area contributed by atoms with Crippen LogP contribution in [-0.4, -0.2) is 5.71 Å². The zero-order valence-electron chi connectivity index (χ0n) is 12.0. The highest BCUT2D eigenvalue weighted by molar-refractivity contribution is 5.84. The average Bonchev–Trinajstić information content (AvgIpc) is 2.48. The Bertz CT molecular complexity index is 911. The molecule has 0 saturated heterocycles. The molecule has 0 radical (unpaired) electrons. The summed E-state index contributed by atoms with van der Waals surface area (Å²) in [6.07, 6.45) is 0.509. The fraction of sp³-hybridized carbons (Fsp3) is 0.111. The summed E-state index contributed by atoms with van der Waals surface area (Å²) in [5.41, 5.74) is 2.43. The predicted molar refractivity (Wildman–Crippen MR) is 85.0 cm³/mol. The van der Waals surface area contributed by atoms with Gasteiger partial charge in [-0.1, -0.05) is 6.07 Å². The van der Waals surface area contributed by atoms with Gasteiger partial charge in [0.2, 0.25) is 0 Å². The van der Waals surface area contributed by atoms with Gasteiger partial charge < -0.3 is 9.83 Å². The molecule has 0 spiro atoms. The molecule has 0 unspecified atom stereocenters. The third-order valence-electron chi connectivity index (χ3n) is 3.39. The summed E-state index contributed by atoms with van der Waals surface area (Å²) < 4.78 is 18.7. The van der Waals surface area contributed by atoms with Crippen LogP contribution >= 0.6 is 0 Å². The lowest BCUT2D eigenvalue weighted by Gasteiger charge is -2.05. The van der Waals surface area contributed by atoms with Gasteiger partial charge in [0.05, 0.1) is 5.39 Å². The average molecular weight is 295 g/mol. The van der Waals surface area contributed by atoms with E-state index in [2.05, 4.69) is 0 Å². The van der Waals surface area contributed by atoms with Crippen molar-refractivity contribution in [1.82, 2.24) is 0 Å². The van der Waals surface area contributed by atoms with Crippen molar-refractivity contribution in [2.45, 2.75) is 13.3 Å². The van der Waals surface area contributed by atoms with E-state index in [-0.39, 0.29) is 11.2 Å². The first kappa shape index (κ1) is 14.2. The summed E-state index contributed by atoms with van der Waals surface area (Å²) in [6.45, 7) is 1.73. The third-order valence-corrected chi connectivity index (χ3v) is 3.39. The summed E-state index contributed by atoms with van der Waals surface area (Å²) in [7, 11) is 0. The number of hydrogen-bond donors (Lipinski definition) is 1. The van der Waals surface area contributed by atoms with Gasteiger partial charge in [-0.15, -0.1) is 0 Å². The van der Waals surface area contributed by atoms with Crippen LogP contribution in [-0.2, 0) is 6.42 Å². The van der Waals surface area contributed by atoms with Gasteiger partial charge in [0.1, 0.15) is 17.2 Å².